The Morgan fingerprint density at radius 3 is 2.68 bits per heavy atom. The highest BCUT2D eigenvalue weighted by atomic mass is 16.4. The van der Waals surface area contributed by atoms with E-state index in [2.05, 4.69) is 0 Å². The SMILES string of the molecule is NC(Cc1cc2c3c(c1)CCN3C(=O)CC2)C(=O)O. The second kappa shape index (κ2) is 4.35. The first-order valence-corrected chi connectivity index (χ1v) is 6.49. The van der Waals surface area contributed by atoms with Crippen molar-refractivity contribution in [3.8, 4) is 0 Å². The summed E-state index contributed by atoms with van der Waals surface area (Å²) in [7, 11) is 0. The standard InChI is InChI=1S/C14H16N2O3/c15-11(14(18)19)7-8-5-9-1-2-12(17)16-4-3-10(6-8)13(9)16/h5-6,11H,1-4,7,15H2,(H,18,19). The van der Waals surface area contributed by atoms with Crippen molar-refractivity contribution in [2.75, 3.05) is 11.4 Å². The van der Waals surface area contributed by atoms with E-state index < -0.39 is 12.0 Å². The van der Waals surface area contributed by atoms with Gasteiger partial charge in [-0.3, -0.25) is 9.59 Å². The van der Waals surface area contributed by atoms with Crippen LogP contribution in [0.25, 0.3) is 0 Å². The van der Waals surface area contributed by atoms with E-state index in [-0.39, 0.29) is 5.91 Å². The summed E-state index contributed by atoms with van der Waals surface area (Å²) < 4.78 is 0. The molecule has 0 bridgehead atoms. The minimum atomic E-state index is -0.981. The van der Waals surface area contributed by atoms with Crippen LogP contribution in [0.5, 0.6) is 0 Å². The summed E-state index contributed by atoms with van der Waals surface area (Å²) in [5.41, 5.74) is 9.91. The zero-order valence-corrected chi connectivity index (χ0v) is 10.6. The number of hydrogen-bond donors (Lipinski definition) is 2. The first-order chi connectivity index (χ1) is 9.06. The van der Waals surface area contributed by atoms with Crippen LogP contribution in [0.2, 0.25) is 0 Å². The lowest BCUT2D eigenvalue weighted by Crippen LogP contribution is -2.33. The summed E-state index contributed by atoms with van der Waals surface area (Å²) in [5, 5.41) is 8.87. The Morgan fingerprint density at radius 2 is 2.00 bits per heavy atom. The molecule has 0 fully saturated rings. The van der Waals surface area contributed by atoms with Crippen molar-refractivity contribution in [1.82, 2.24) is 0 Å². The average molecular weight is 260 g/mol. The van der Waals surface area contributed by atoms with Crippen LogP contribution in [0.3, 0.4) is 0 Å². The lowest BCUT2D eigenvalue weighted by Gasteiger charge is -2.26. The second-order valence-corrected chi connectivity index (χ2v) is 5.21. The molecular formula is C14H16N2O3. The van der Waals surface area contributed by atoms with Crippen molar-refractivity contribution in [2.24, 2.45) is 5.73 Å². The van der Waals surface area contributed by atoms with Gasteiger partial charge >= 0.3 is 5.97 Å². The summed E-state index contributed by atoms with van der Waals surface area (Å²) in [6.45, 7) is 0.746. The van der Waals surface area contributed by atoms with E-state index in [9.17, 15) is 9.59 Å². The van der Waals surface area contributed by atoms with Crippen LogP contribution in [0.1, 0.15) is 23.1 Å². The molecule has 1 aromatic rings. The number of amides is 1. The van der Waals surface area contributed by atoms with E-state index in [1.807, 2.05) is 17.0 Å². The maximum absolute atomic E-state index is 11.8. The van der Waals surface area contributed by atoms with Crippen LogP contribution in [0.15, 0.2) is 12.1 Å². The minimum Gasteiger partial charge on any atom is -0.480 e. The highest BCUT2D eigenvalue weighted by molar-refractivity contribution is 5.98. The number of carbonyl (C=O) groups is 2. The smallest absolute Gasteiger partial charge is 0.320 e. The van der Waals surface area contributed by atoms with Gasteiger partial charge in [0.15, 0.2) is 0 Å². The molecule has 0 saturated carbocycles. The van der Waals surface area contributed by atoms with E-state index in [1.165, 1.54) is 0 Å². The van der Waals surface area contributed by atoms with Gasteiger partial charge in [-0.1, -0.05) is 12.1 Å². The molecule has 0 aromatic heterocycles. The largest absolute Gasteiger partial charge is 0.480 e. The molecule has 5 heteroatoms. The van der Waals surface area contributed by atoms with Crippen molar-refractivity contribution in [2.45, 2.75) is 31.7 Å². The topological polar surface area (TPSA) is 83.6 Å². The van der Waals surface area contributed by atoms with Crippen LogP contribution in [0, 0.1) is 0 Å². The molecule has 3 rings (SSSR count). The third kappa shape index (κ3) is 2.00. The Morgan fingerprint density at radius 1 is 1.32 bits per heavy atom. The van der Waals surface area contributed by atoms with E-state index in [0.717, 1.165) is 41.8 Å². The van der Waals surface area contributed by atoms with Crippen LogP contribution in [-0.2, 0) is 28.9 Å². The van der Waals surface area contributed by atoms with Gasteiger partial charge < -0.3 is 15.7 Å². The number of carboxylic acids is 1. The molecule has 100 valence electrons. The number of rotatable bonds is 3. The normalized spacial score (nSPS) is 18.4. The highest BCUT2D eigenvalue weighted by Gasteiger charge is 2.31. The Labute approximate surface area is 111 Å². The number of nitrogens with two attached hydrogens (primary N) is 1. The van der Waals surface area contributed by atoms with E-state index in [1.54, 1.807) is 0 Å². The molecule has 5 nitrogen and oxygen atoms in total. The van der Waals surface area contributed by atoms with Crippen molar-refractivity contribution >= 4 is 17.6 Å². The fraction of sp³-hybridized carbons (Fsp3) is 0.429. The molecule has 0 saturated heterocycles. The van der Waals surface area contributed by atoms with Crippen LogP contribution in [-0.4, -0.2) is 29.6 Å². The van der Waals surface area contributed by atoms with Crippen LogP contribution in [0.4, 0.5) is 5.69 Å². The van der Waals surface area contributed by atoms with Gasteiger partial charge in [0.1, 0.15) is 6.04 Å². The fourth-order valence-corrected chi connectivity index (χ4v) is 2.99. The van der Waals surface area contributed by atoms with Crippen molar-refractivity contribution in [1.29, 1.82) is 0 Å². The zero-order valence-electron chi connectivity index (χ0n) is 10.6. The molecule has 2 aliphatic heterocycles. The Balaban J connectivity index is 1.95. The first kappa shape index (κ1) is 12.2. The highest BCUT2D eigenvalue weighted by Crippen LogP contribution is 2.37. The number of nitrogens with zero attached hydrogens (tertiary/aromatic N) is 1. The molecule has 1 atom stereocenters. The minimum absolute atomic E-state index is 0.196. The number of aryl methyl sites for hydroxylation is 1. The van der Waals surface area contributed by atoms with E-state index in [0.29, 0.717) is 12.8 Å². The quantitative estimate of drug-likeness (QED) is 0.827. The second-order valence-electron chi connectivity index (χ2n) is 5.21. The molecule has 19 heavy (non-hydrogen) atoms. The number of carboxylic acid groups (broad SMARTS) is 1. The van der Waals surface area contributed by atoms with Gasteiger partial charge in [-0.15, -0.1) is 0 Å². The maximum atomic E-state index is 11.8. The summed E-state index contributed by atoms with van der Waals surface area (Å²) in [6, 6.07) is 3.14. The van der Waals surface area contributed by atoms with E-state index in [4.69, 9.17) is 10.8 Å². The summed E-state index contributed by atoms with van der Waals surface area (Å²) >= 11 is 0. The molecule has 2 aliphatic rings. The number of carbonyl (C=O) groups excluding carboxylic acids is 1. The van der Waals surface area contributed by atoms with Crippen molar-refractivity contribution < 1.29 is 14.7 Å². The van der Waals surface area contributed by atoms with Gasteiger partial charge in [-0.05, 0) is 36.0 Å². The first-order valence-electron chi connectivity index (χ1n) is 6.49. The summed E-state index contributed by atoms with van der Waals surface area (Å²) in [4.78, 5) is 24.5. The average Bonchev–Trinajstić information content (AvgIpc) is 2.79. The van der Waals surface area contributed by atoms with Crippen molar-refractivity contribution in [3.63, 3.8) is 0 Å². The summed E-state index contributed by atoms with van der Waals surface area (Å²) in [6.07, 6.45) is 2.47. The molecule has 1 aromatic carbocycles. The number of aliphatic carboxylic acids is 1. The molecular weight excluding hydrogens is 244 g/mol. The number of hydrogen-bond acceptors (Lipinski definition) is 3. The molecule has 1 unspecified atom stereocenters. The third-order valence-corrected chi connectivity index (χ3v) is 3.88. The van der Waals surface area contributed by atoms with E-state index >= 15 is 0 Å². The Hall–Kier alpha value is -1.88. The molecule has 0 spiro atoms. The van der Waals surface area contributed by atoms with Crippen LogP contribution < -0.4 is 10.6 Å². The number of benzene rings is 1. The fourth-order valence-electron chi connectivity index (χ4n) is 2.99. The number of anilines is 1. The van der Waals surface area contributed by atoms with Gasteiger partial charge in [0, 0.05) is 13.0 Å². The molecule has 0 radical (unpaired) electrons. The van der Waals surface area contributed by atoms with Gasteiger partial charge in [0.2, 0.25) is 5.91 Å². The van der Waals surface area contributed by atoms with Gasteiger partial charge in [0.25, 0.3) is 0 Å². The third-order valence-electron chi connectivity index (χ3n) is 3.88. The Kier molecular flexibility index (Phi) is 2.78. The lowest BCUT2D eigenvalue weighted by molar-refractivity contribution is -0.138. The van der Waals surface area contributed by atoms with Crippen LogP contribution >= 0.6 is 0 Å². The monoisotopic (exact) mass is 260 g/mol. The lowest BCUT2D eigenvalue weighted by atomic mass is 9.94. The Bertz CT molecular complexity index is 568. The molecule has 3 N–H and O–H groups in total. The molecule has 1 amide bonds. The molecule has 2 heterocycles. The maximum Gasteiger partial charge on any atom is 0.320 e. The van der Waals surface area contributed by atoms with Gasteiger partial charge in [-0.25, -0.2) is 0 Å². The molecule has 0 aliphatic carbocycles. The van der Waals surface area contributed by atoms with Crippen molar-refractivity contribution in [3.05, 3.63) is 28.8 Å². The summed E-state index contributed by atoms with van der Waals surface area (Å²) in [5.74, 6) is -0.785. The predicted octanol–water partition coefficient (Wildman–Crippen LogP) is 0.476. The van der Waals surface area contributed by atoms with Gasteiger partial charge in [-0.2, -0.15) is 0 Å². The predicted molar refractivity (Wildman–Crippen MR) is 70.1 cm³/mol. The van der Waals surface area contributed by atoms with Gasteiger partial charge in [0.05, 0.1) is 5.69 Å². The zero-order chi connectivity index (χ0) is 13.6.